The smallest absolute Gasteiger partial charge is 0.256 e. The molecule has 0 saturated carbocycles. The van der Waals surface area contributed by atoms with E-state index in [2.05, 4.69) is 40.3 Å². The van der Waals surface area contributed by atoms with Crippen molar-refractivity contribution in [2.45, 2.75) is 47.0 Å². The number of rotatable bonds is 5. The number of carbonyl (C=O) groups is 1. The molecule has 2 aromatic rings. The van der Waals surface area contributed by atoms with E-state index in [9.17, 15) is 4.79 Å². The summed E-state index contributed by atoms with van der Waals surface area (Å²) in [5, 5.41) is 3.03. The summed E-state index contributed by atoms with van der Waals surface area (Å²) in [4.78, 5) is 12.6. The van der Waals surface area contributed by atoms with Crippen LogP contribution in [-0.2, 0) is 6.42 Å². The van der Waals surface area contributed by atoms with Gasteiger partial charge in [0.1, 0.15) is 0 Å². The lowest BCUT2D eigenvalue weighted by Gasteiger charge is -2.13. The fraction of sp³-hybridized carbons (Fsp3) is 0.350. The van der Waals surface area contributed by atoms with Crippen molar-refractivity contribution in [3.63, 3.8) is 0 Å². The van der Waals surface area contributed by atoms with Gasteiger partial charge in [0.15, 0.2) is 0 Å². The molecule has 122 valence electrons. The van der Waals surface area contributed by atoms with Crippen molar-refractivity contribution in [3.05, 3.63) is 62.6 Å². The summed E-state index contributed by atoms with van der Waals surface area (Å²) in [6, 6.07) is 10.3. The second kappa shape index (κ2) is 7.78. The molecule has 1 N–H and O–H groups in total. The number of unbranched alkanes of at least 4 members (excludes halogenated alkanes) is 1. The minimum Gasteiger partial charge on any atom is -0.321 e. The topological polar surface area (TPSA) is 29.1 Å². The van der Waals surface area contributed by atoms with Crippen molar-refractivity contribution < 1.29 is 4.79 Å². The normalized spacial score (nSPS) is 10.7. The van der Waals surface area contributed by atoms with E-state index in [1.807, 2.05) is 39.0 Å². The first-order valence-corrected chi connectivity index (χ1v) is 8.89. The van der Waals surface area contributed by atoms with Crippen molar-refractivity contribution >= 4 is 27.5 Å². The molecule has 0 aliphatic carbocycles. The predicted octanol–water partition coefficient (Wildman–Crippen LogP) is 5.97. The highest BCUT2D eigenvalue weighted by Crippen LogP contribution is 2.26. The summed E-state index contributed by atoms with van der Waals surface area (Å²) in [7, 11) is 0. The molecule has 0 atom stereocenters. The van der Waals surface area contributed by atoms with Crippen LogP contribution in [-0.4, -0.2) is 5.91 Å². The molecular formula is C20H24BrNO. The average molecular weight is 374 g/mol. The summed E-state index contributed by atoms with van der Waals surface area (Å²) in [5.41, 5.74) is 6.07. The Morgan fingerprint density at radius 1 is 1.09 bits per heavy atom. The van der Waals surface area contributed by atoms with E-state index in [-0.39, 0.29) is 5.91 Å². The van der Waals surface area contributed by atoms with Gasteiger partial charge in [0.05, 0.1) is 5.69 Å². The van der Waals surface area contributed by atoms with Gasteiger partial charge in [0.25, 0.3) is 5.91 Å². The molecule has 2 aromatic carbocycles. The van der Waals surface area contributed by atoms with Gasteiger partial charge in [-0.15, -0.1) is 0 Å². The molecular weight excluding hydrogens is 350 g/mol. The van der Waals surface area contributed by atoms with Crippen LogP contribution in [0.4, 0.5) is 5.69 Å². The van der Waals surface area contributed by atoms with Crippen LogP contribution in [0.3, 0.4) is 0 Å². The lowest BCUT2D eigenvalue weighted by atomic mass is 9.99. The number of aryl methyl sites for hydroxylation is 4. The Hall–Kier alpha value is -1.61. The maximum absolute atomic E-state index is 12.6. The zero-order valence-electron chi connectivity index (χ0n) is 14.3. The summed E-state index contributed by atoms with van der Waals surface area (Å²) in [6.45, 7) is 8.21. The van der Waals surface area contributed by atoms with Crippen molar-refractivity contribution in [1.82, 2.24) is 0 Å². The number of amides is 1. The quantitative estimate of drug-likeness (QED) is 0.686. The second-order valence-corrected chi connectivity index (χ2v) is 7.00. The molecule has 0 spiro atoms. The Labute approximate surface area is 147 Å². The van der Waals surface area contributed by atoms with Gasteiger partial charge in [0, 0.05) is 10.0 Å². The standard InChI is InChI=1S/C20H24BrNO/c1-5-6-7-16-8-9-18(17(21)12-16)22-20(23)19-14(3)10-13(2)11-15(19)4/h8-12H,5-7H2,1-4H3,(H,22,23). The molecule has 0 fully saturated rings. The van der Waals surface area contributed by atoms with Crippen molar-refractivity contribution in [3.8, 4) is 0 Å². The molecule has 23 heavy (non-hydrogen) atoms. The first-order valence-electron chi connectivity index (χ1n) is 8.10. The lowest BCUT2D eigenvalue weighted by molar-refractivity contribution is 0.102. The summed E-state index contributed by atoms with van der Waals surface area (Å²) < 4.78 is 0.932. The van der Waals surface area contributed by atoms with Crippen LogP contribution in [0.25, 0.3) is 0 Å². The molecule has 0 bridgehead atoms. The van der Waals surface area contributed by atoms with Crippen LogP contribution in [0, 0.1) is 20.8 Å². The molecule has 2 nitrogen and oxygen atoms in total. The van der Waals surface area contributed by atoms with E-state index >= 15 is 0 Å². The van der Waals surface area contributed by atoms with Gasteiger partial charge in [-0.2, -0.15) is 0 Å². The van der Waals surface area contributed by atoms with E-state index in [1.54, 1.807) is 0 Å². The molecule has 3 heteroatoms. The van der Waals surface area contributed by atoms with E-state index < -0.39 is 0 Å². The molecule has 0 heterocycles. The first-order chi connectivity index (χ1) is 10.9. The van der Waals surface area contributed by atoms with E-state index in [0.717, 1.165) is 33.3 Å². The second-order valence-electron chi connectivity index (χ2n) is 6.15. The largest absolute Gasteiger partial charge is 0.321 e. The Morgan fingerprint density at radius 3 is 2.30 bits per heavy atom. The highest BCUT2D eigenvalue weighted by molar-refractivity contribution is 9.10. The van der Waals surface area contributed by atoms with Crippen molar-refractivity contribution in [1.29, 1.82) is 0 Å². The summed E-state index contributed by atoms with van der Waals surface area (Å²) >= 11 is 3.57. The molecule has 0 aliphatic rings. The molecule has 0 aromatic heterocycles. The molecule has 0 saturated heterocycles. The third kappa shape index (κ3) is 4.44. The Kier molecular flexibility index (Phi) is 6.00. The highest BCUT2D eigenvalue weighted by atomic mass is 79.9. The Morgan fingerprint density at radius 2 is 1.74 bits per heavy atom. The predicted molar refractivity (Wildman–Crippen MR) is 101 cm³/mol. The number of hydrogen-bond donors (Lipinski definition) is 1. The minimum atomic E-state index is -0.0537. The van der Waals surface area contributed by atoms with Gasteiger partial charge in [-0.1, -0.05) is 37.1 Å². The fourth-order valence-corrected chi connectivity index (χ4v) is 3.44. The zero-order valence-corrected chi connectivity index (χ0v) is 15.9. The molecule has 0 aliphatic heterocycles. The Bertz CT molecular complexity index is 699. The van der Waals surface area contributed by atoms with Crippen LogP contribution in [0.15, 0.2) is 34.8 Å². The zero-order chi connectivity index (χ0) is 17.0. The lowest BCUT2D eigenvalue weighted by Crippen LogP contribution is -2.15. The van der Waals surface area contributed by atoms with Crippen LogP contribution < -0.4 is 5.32 Å². The average Bonchev–Trinajstić information content (AvgIpc) is 2.46. The van der Waals surface area contributed by atoms with E-state index in [4.69, 9.17) is 0 Å². The van der Waals surface area contributed by atoms with Crippen LogP contribution in [0.5, 0.6) is 0 Å². The van der Waals surface area contributed by atoms with Gasteiger partial charge in [0.2, 0.25) is 0 Å². The third-order valence-corrected chi connectivity index (χ3v) is 4.66. The maximum atomic E-state index is 12.6. The number of carbonyl (C=O) groups excluding carboxylic acids is 1. The van der Waals surface area contributed by atoms with Crippen LogP contribution >= 0.6 is 15.9 Å². The number of halogens is 1. The molecule has 0 radical (unpaired) electrons. The monoisotopic (exact) mass is 373 g/mol. The number of benzene rings is 2. The van der Waals surface area contributed by atoms with E-state index in [1.165, 1.54) is 24.0 Å². The van der Waals surface area contributed by atoms with E-state index in [0.29, 0.717) is 0 Å². The fourth-order valence-electron chi connectivity index (χ4n) is 2.92. The third-order valence-electron chi connectivity index (χ3n) is 4.00. The molecule has 1 amide bonds. The van der Waals surface area contributed by atoms with Crippen molar-refractivity contribution in [2.24, 2.45) is 0 Å². The van der Waals surface area contributed by atoms with Gasteiger partial charge in [-0.3, -0.25) is 4.79 Å². The number of hydrogen-bond acceptors (Lipinski definition) is 1. The minimum absolute atomic E-state index is 0.0537. The first kappa shape index (κ1) is 17.7. The highest BCUT2D eigenvalue weighted by Gasteiger charge is 2.14. The van der Waals surface area contributed by atoms with Gasteiger partial charge < -0.3 is 5.32 Å². The van der Waals surface area contributed by atoms with Gasteiger partial charge >= 0.3 is 0 Å². The Balaban J connectivity index is 2.21. The van der Waals surface area contributed by atoms with Gasteiger partial charge in [-0.05, 0) is 78.4 Å². The summed E-state index contributed by atoms with van der Waals surface area (Å²) in [6.07, 6.45) is 3.43. The molecule has 2 rings (SSSR count). The van der Waals surface area contributed by atoms with Crippen LogP contribution in [0.2, 0.25) is 0 Å². The number of anilines is 1. The number of nitrogens with one attached hydrogen (secondary N) is 1. The van der Waals surface area contributed by atoms with Crippen LogP contribution in [0.1, 0.15) is 52.4 Å². The maximum Gasteiger partial charge on any atom is 0.256 e. The van der Waals surface area contributed by atoms with Crippen molar-refractivity contribution in [2.75, 3.05) is 5.32 Å². The summed E-state index contributed by atoms with van der Waals surface area (Å²) in [5.74, 6) is -0.0537. The SMILES string of the molecule is CCCCc1ccc(NC(=O)c2c(C)cc(C)cc2C)c(Br)c1. The molecule has 0 unspecified atom stereocenters. The van der Waals surface area contributed by atoms with Gasteiger partial charge in [-0.25, -0.2) is 0 Å².